The first kappa shape index (κ1) is 23.4. The monoisotopic (exact) mass is 427 g/mol. The van der Waals surface area contributed by atoms with E-state index in [-0.39, 0.29) is 30.1 Å². The van der Waals surface area contributed by atoms with Crippen molar-refractivity contribution in [1.82, 2.24) is 10.6 Å². The normalized spacial score (nSPS) is 10.0. The molecule has 0 atom stereocenters. The van der Waals surface area contributed by atoms with Crippen LogP contribution in [0, 0.1) is 0 Å². The Labute approximate surface area is 180 Å². The molecule has 2 aromatic rings. The summed E-state index contributed by atoms with van der Waals surface area (Å²) in [4.78, 5) is 46.7. The highest BCUT2D eigenvalue weighted by Crippen LogP contribution is 2.13. The van der Waals surface area contributed by atoms with Crippen molar-refractivity contribution in [2.24, 2.45) is 0 Å². The van der Waals surface area contributed by atoms with Gasteiger partial charge in [-0.15, -0.1) is 0 Å². The second-order valence-electron chi connectivity index (χ2n) is 6.44. The Morgan fingerprint density at radius 3 is 2.13 bits per heavy atom. The molecule has 0 saturated carbocycles. The quantitative estimate of drug-likeness (QED) is 0.321. The number of hydrogen-bond acceptors (Lipinski definition) is 6. The fraction of sp³-hybridized carbons (Fsp3) is 0.273. The predicted molar refractivity (Wildman–Crippen MR) is 114 cm³/mol. The molecule has 0 aliphatic rings. The summed E-state index contributed by atoms with van der Waals surface area (Å²) in [6.07, 6.45) is -0.268. The average molecular weight is 427 g/mol. The first-order valence-electron chi connectivity index (χ1n) is 9.77. The van der Waals surface area contributed by atoms with Gasteiger partial charge in [-0.25, -0.2) is 4.79 Å². The van der Waals surface area contributed by atoms with Crippen molar-refractivity contribution in [2.45, 2.75) is 20.3 Å². The van der Waals surface area contributed by atoms with E-state index in [0.717, 1.165) is 0 Å². The summed E-state index contributed by atoms with van der Waals surface area (Å²) in [5.74, 6) is -0.484. The Hall–Kier alpha value is -3.88. The molecule has 9 heteroatoms. The van der Waals surface area contributed by atoms with E-state index in [4.69, 9.17) is 4.74 Å². The van der Waals surface area contributed by atoms with Gasteiger partial charge in [-0.2, -0.15) is 0 Å². The molecule has 0 heterocycles. The molecule has 0 spiro atoms. The minimum atomic E-state index is -0.802. The number of carbonyl (C=O) groups excluding carboxylic acids is 4. The van der Waals surface area contributed by atoms with E-state index in [9.17, 15) is 19.2 Å². The summed E-state index contributed by atoms with van der Waals surface area (Å²) in [7, 11) is 0. The van der Waals surface area contributed by atoms with Crippen LogP contribution in [0.2, 0.25) is 0 Å². The van der Waals surface area contributed by atoms with Crippen LogP contribution in [0.15, 0.2) is 48.5 Å². The smallest absolute Gasteiger partial charge is 0.434 e. The molecule has 0 fully saturated rings. The molecular formula is C22H25N3O6. The Bertz CT molecular complexity index is 927. The highest BCUT2D eigenvalue weighted by Gasteiger charge is 2.09. The maximum Gasteiger partial charge on any atom is 0.513 e. The first-order valence-corrected chi connectivity index (χ1v) is 9.77. The van der Waals surface area contributed by atoms with Crippen molar-refractivity contribution in [3.05, 3.63) is 59.7 Å². The van der Waals surface area contributed by atoms with Gasteiger partial charge in [-0.05, 0) is 55.8 Å². The number of rotatable bonds is 9. The van der Waals surface area contributed by atoms with Gasteiger partial charge in [0.15, 0.2) is 0 Å². The van der Waals surface area contributed by atoms with Crippen LogP contribution >= 0.6 is 0 Å². The lowest BCUT2D eigenvalue weighted by molar-refractivity contribution is -0.114. The molecule has 2 aromatic carbocycles. The van der Waals surface area contributed by atoms with Crippen LogP contribution in [-0.2, 0) is 9.53 Å². The van der Waals surface area contributed by atoms with Crippen LogP contribution in [0.3, 0.4) is 0 Å². The maximum atomic E-state index is 12.2. The lowest BCUT2D eigenvalue weighted by atomic mass is 10.2. The van der Waals surface area contributed by atoms with Crippen LogP contribution in [0.1, 0.15) is 41.0 Å². The van der Waals surface area contributed by atoms with E-state index >= 15 is 0 Å². The van der Waals surface area contributed by atoms with Gasteiger partial charge in [0.25, 0.3) is 11.8 Å². The number of nitrogens with one attached hydrogen (secondary N) is 3. The van der Waals surface area contributed by atoms with Gasteiger partial charge in [0, 0.05) is 36.8 Å². The molecule has 0 aliphatic heterocycles. The number of carbonyl (C=O) groups is 4. The highest BCUT2D eigenvalue weighted by molar-refractivity contribution is 5.97. The largest absolute Gasteiger partial charge is 0.513 e. The zero-order valence-corrected chi connectivity index (χ0v) is 17.4. The molecule has 31 heavy (non-hydrogen) atoms. The minimum Gasteiger partial charge on any atom is -0.434 e. The van der Waals surface area contributed by atoms with Gasteiger partial charge in [0.1, 0.15) is 5.75 Å². The Morgan fingerprint density at radius 2 is 1.52 bits per heavy atom. The fourth-order valence-corrected chi connectivity index (χ4v) is 2.56. The molecule has 0 unspecified atom stereocenters. The molecule has 164 valence electrons. The van der Waals surface area contributed by atoms with Gasteiger partial charge in [-0.1, -0.05) is 6.07 Å². The number of benzene rings is 2. The van der Waals surface area contributed by atoms with Gasteiger partial charge >= 0.3 is 6.16 Å². The summed E-state index contributed by atoms with van der Waals surface area (Å²) in [5.41, 5.74) is 1.39. The number of anilines is 1. The summed E-state index contributed by atoms with van der Waals surface area (Å²) in [6, 6.07) is 12.7. The van der Waals surface area contributed by atoms with E-state index in [1.807, 2.05) is 0 Å². The third-order valence-electron chi connectivity index (χ3n) is 3.95. The SMILES string of the molecule is CCOC(=O)Oc1ccc(C(=O)NCCCNC(=O)c2cccc(NC(C)=O)c2)cc1. The second kappa shape index (κ2) is 12.0. The molecule has 2 rings (SSSR count). The lowest BCUT2D eigenvalue weighted by Gasteiger charge is -2.09. The molecule has 0 bridgehead atoms. The second-order valence-corrected chi connectivity index (χ2v) is 6.44. The summed E-state index contributed by atoms with van der Waals surface area (Å²) < 4.78 is 9.61. The standard InChI is InChI=1S/C22H25N3O6/c1-3-30-22(29)31-19-10-8-16(9-11-19)20(27)23-12-5-13-24-21(28)17-6-4-7-18(14-17)25-15(2)26/h4,6-11,14H,3,5,12-13H2,1-2H3,(H,23,27)(H,24,28)(H,25,26). The molecule has 0 aliphatic carbocycles. The Balaban J connectivity index is 1.71. The molecule has 3 amide bonds. The lowest BCUT2D eigenvalue weighted by Crippen LogP contribution is -2.30. The Morgan fingerprint density at radius 1 is 0.871 bits per heavy atom. The molecule has 0 aromatic heterocycles. The highest BCUT2D eigenvalue weighted by atomic mass is 16.7. The van der Waals surface area contributed by atoms with Gasteiger partial charge in [0.05, 0.1) is 6.61 Å². The van der Waals surface area contributed by atoms with Crippen molar-refractivity contribution in [3.63, 3.8) is 0 Å². The van der Waals surface area contributed by atoms with Crippen molar-refractivity contribution < 1.29 is 28.7 Å². The number of ether oxygens (including phenoxy) is 2. The van der Waals surface area contributed by atoms with Gasteiger partial charge in [-0.3, -0.25) is 14.4 Å². The summed E-state index contributed by atoms with van der Waals surface area (Å²) in [6.45, 7) is 4.02. The zero-order valence-electron chi connectivity index (χ0n) is 17.4. The van der Waals surface area contributed by atoms with E-state index < -0.39 is 6.16 Å². The van der Waals surface area contributed by atoms with Crippen molar-refractivity contribution in [3.8, 4) is 5.75 Å². The average Bonchev–Trinajstić information content (AvgIpc) is 2.73. The molecule has 3 N–H and O–H groups in total. The van der Waals surface area contributed by atoms with Crippen LogP contribution in [0.4, 0.5) is 10.5 Å². The number of amides is 3. The van der Waals surface area contributed by atoms with Crippen molar-refractivity contribution in [1.29, 1.82) is 0 Å². The van der Waals surface area contributed by atoms with Crippen LogP contribution < -0.4 is 20.7 Å². The van der Waals surface area contributed by atoms with Crippen LogP contribution in [-0.4, -0.2) is 43.6 Å². The third kappa shape index (κ3) is 8.17. The van der Waals surface area contributed by atoms with E-state index in [2.05, 4.69) is 20.7 Å². The van der Waals surface area contributed by atoms with Crippen molar-refractivity contribution in [2.75, 3.05) is 25.0 Å². The zero-order chi connectivity index (χ0) is 22.6. The van der Waals surface area contributed by atoms with Gasteiger partial charge < -0.3 is 25.4 Å². The van der Waals surface area contributed by atoms with Crippen molar-refractivity contribution >= 4 is 29.6 Å². The molecular weight excluding hydrogens is 402 g/mol. The summed E-state index contributed by atoms with van der Waals surface area (Å²) in [5, 5.41) is 8.14. The fourth-order valence-electron chi connectivity index (χ4n) is 2.56. The topological polar surface area (TPSA) is 123 Å². The number of hydrogen-bond donors (Lipinski definition) is 3. The first-order chi connectivity index (χ1) is 14.9. The molecule has 0 radical (unpaired) electrons. The minimum absolute atomic E-state index is 0.212. The van der Waals surface area contributed by atoms with Crippen LogP contribution in [0.25, 0.3) is 0 Å². The van der Waals surface area contributed by atoms with E-state index in [0.29, 0.717) is 36.3 Å². The molecule has 9 nitrogen and oxygen atoms in total. The Kier molecular flexibility index (Phi) is 9.03. The third-order valence-corrected chi connectivity index (χ3v) is 3.95. The van der Waals surface area contributed by atoms with E-state index in [1.165, 1.54) is 31.2 Å². The molecule has 0 saturated heterocycles. The maximum absolute atomic E-state index is 12.2. The van der Waals surface area contributed by atoms with E-state index in [1.54, 1.807) is 31.2 Å². The van der Waals surface area contributed by atoms with Gasteiger partial charge in [0.2, 0.25) is 5.91 Å². The van der Waals surface area contributed by atoms with Crippen LogP contribution in [0.5, 0.6) is 5.75 Å². The predicted octanol–water partition coefficient (Wildman–Crippen LogP) is 2.73. The summed E-state index contributed by atoms with van der Waals surface area (Å²) >= 11 is 0.